The Hall–Kier alpha value is -1.07. The van der Waals surface area contributed by atoms with E-state index in [2.05, 4.69) is 19.2 Å². The van der Waals surface area contributed by atoms with Crippen LogP contribution in [0.2, 0.25) is 0 Å². The van der Waals surface area contributed by atoms with Crippen molar-refractivity contribution in [2.75, 3.05) is 13.2 Å². The maximum atomic E-state index is 13.0. The van der Waals surface area contributed by atoms with Gasteiger partial charge in [-0.15, -0.1) is 0 Å². The molecule has 1 fully saturated rings. The molecule has 0 saturated carbocycles. The number of unbranched alkanes of at least 4 members (excludes halogenated alkanes) is 33. The number of amides is 1. The number of aliphatic hydroxyl groups excluding tert-OH is 5. The molecule has 1 rings (SSSR count). The van der Waals surface area contributed by atoms with Crippen LogP contribution in [0.25, 0.3) is 0 Å². The van der Waals surface area contributed by atoms with E-state index in [4.69, 9.17) is 9.47 Å². The second-order valence-electron chi connectivity index (χ2n) is 18.0. The fourth-order valence-electron chi connectivity index (χ4n) is 8.28. The molecule has 0 spiro atoms. The van der Waals surface area contributed by atoms with Crippen LogP contribution in [0.1, 0.15) is 245 Å². The maximum absolute atomic E-state index is 13.0. The first-order valence-corrected chi connectivity index (χ1v) is 25.4. The van der Waals surface area contributed by atoms with Crippen LogP contribution < -0.4 is 5.32 Å². The van der Waals surface area contributed by atoms with Crippen molar-refractivity contribution >= 4 is 5.91 Å². The SMILES string of the molecule is CCCCCCCCCCCCCCCCCCCCCCC/C=C/C(O)C(COC1OC(CO)C(O)C(O)C1O)NC(=O)CCCCCCCCCCCCCCC. The minimum Gasteiger partial charge on any atom is -0.394 e. The van der Waals surface area contributed by atoms with E-state index in [1.54, 1.807) is 6.08 Å². The van der Waals surface area contributed by atoms with Gasteiger partial charge in [-0.1, -0.05) is 231 Å². The third kappa shape index (κ3) is 31.4. The Morgan fingerprint density at radius 2 is 0.932 bits per heavy atom. The fourth-order valence-corrected chi connectivity index (χ4v) is 8.28. The highest BCUT2D eigenvalue weighted by atomic mass is 16.7. The second-order valence-corrected chi connectivity index (χ2v) is 18.0. The summed E-state index contributed by atoms with van der Waals surface area (Å²) in [5.74, 6) is -0.174. The standard InChI is InChI=1S/C50H97NO8/c1-3-5-7-9-11-13-15-17-18-19-20-21-22-23-24-25-26-28-29-31-33-35-37-39-44(53)43(42-58-50-49(57)48(56)47(55)45(41-52)59-50)51-46(54)40-38-36-34-32-30-27-16-14-12-10-8-6-4-2/h37,39,43-45,47-50,52-53,55-57H,3-36,38,40-42H2,1-2H3,(H,51,54)/b39-37+. The summed E-state index contributed by atoms with van der Waals surface area (Å²) in [5.41, 5.74) is 0. The average Bonchev–Trinajstić information content (AvgIpc) is 3.23. The van der Waals surface area contributed by atoms with Gasteiger partial charge in [0.05, 0.1) is 25.4 Å². The first kappa shape index (κ1) is 55.9. The molecule has 9 nitrogen and oxygen atoms in total. The van der Waals surface area contributed by atoms with E-state index in [0.29, 0.717) is 6.42 Å². The highest BCUT2D eigenvalue weighted by Gasteiger charge is 2.44. The minimum atomic E-state index is -1.56. The van der Waals surface area contributed by atoms with Gasteiger partial charge in [-0.25, -0.2) is 0 Å². The molecule has 7 atom stereocenters. The first-order valence-electron chi connectivity index (χ1n) is 25.4. The van der Waals surface area contributed by atoms with Gasteiger partial charge in [-0.3, -0.25) is 4.79 Å². The van der Waals surface area contributed by atoms with Gasteiger partial charge in [0.25, 0.3) is 0 Å². The number of carbonyl (C=O) groups is 1. The van der Waals surface area contributed by atoms with E-state index in [0.717, 1.165) is 38.5 Å². The van der Waals surface area contributed by atoms with E-state index < -0.39 is 49.5 Å². The predicted molar refractivity (Wildman–Crippen MR) is 244 cm³/mol. The highest BCUT2D eigenvalue weighted by molar-refractivity contribution is 5.76. The lowest BCUT2D eigenvalue weighted by Gasteiger charge is -2.40. The number of rotatable bonds is 43. The summed E-state index contributed by atoms with van der Waals surface area (Å²) in [7, 11) is 0. The fraction of sp³-hybridized carbons (Fsp3) is 0.940. The van der Waals surface area contributed by atoms with Crippen molar-refractivity contribution in [1.82, 2.24) is 5.32 Å². The predicted octanol–water partition coefficient (Wildman–Crippen LogP) is 11.3. The van der Waals surface area contributed by atoms with Gasteiger partial charge in [-0.05, 0) is 19.3 Å². The van der Waals surface area contributed by atoms with E-state index in [1.165, 1.54) is 186 Å². The zero-order valence-corrected chi connectivity index (χ0v) is 38.5. The Labute approximate surface area is 363 Å². The molecule has 7 unspecified atom stereocenters. The molecule has 1 heterocycles. The summed E-state index contributed by atoms with van der Waals surface area (Å²) in [6.45, 7) is 3.79. The molecule has 1 amide bonds. The lowest BCUT2D eigenvalue weighted by molar-refractivity contribution is -0.302. The van der Waals surface area contributed by atoms with Gasteiger partial charge < -0.3 is 40.3 Å². The Bertz CT molecular complexity index is 935. The van der Waals surface area contributed by atoms with Crippen LogP contribution in [0.4, 0.5) is 0 Å². The zero-order chi connectivity index (χ0) is 43.0. The number of carbonyl (C=O) groups excluding carboxylic acids is 1. The molecule has 0 bridgehead atoms. The quantitative estimate of drug-likeness (QED) is 0.0263. The molecule has 6 N–H and O–H groups in total. The molecular formula is C50H97NO8. The van der Waals surface area contributed by atoms with Crippen molar-refractivity contribution in [2.24, 2.45) is 0 Å². The molecule has 350 valence electrons. The van der Waals surface area contributed by atoms with Crippen LogP contribution in [0.15, 0.2) is 12.2 Å². The normalized spacial score (nSPS) is 20.7. The zero-order valence-electron chi connectivity index (χ0n) is 38.5. The molecule has 0 aromatic carbocycles. The van der Waals surface area contributed by atoms with Gasteiger partial charge in [0.15, 0.2) is 6.29 Å². The minimum absolute atomic E-state index is 0.174. The third-order valence-electron chi connectivity index (χ3n) is 12.4. The van der Waals surface area contributed by atoms with Crippen molar-refractivity contribution in [2.45, 2.75) is 288 Å². The summed E-state index contributed by atoms with van der Waals surface area (Å²) >= 11 is 0. The van der Waals surface area contributed by atoms with Crippen molar-refractivity contribution in [3.05, 3.63) is 12.2 Å². The molecule has 1 saturated heterocycles. The van der Waals surface area contributed by atoms with Crippen molar-refractivity contribution in [3.8, 4) is 0 Å². The number of aliphatic hydroxyl groups is 5. The van der Waals surface area contributed by atoms with Gasteiger partial charge in [0.2, 0.25) is 5.91 Å². The molecule has 0 aromatic rings. The van der Waals surface area contributed by atoms with Crippen LogP contribution in [0.3, 0.4) is 0 Å². The molecule has 9 heteroatoms. The molecule has 1 aliphatic heterocycles. The molecule has 59 heavy (non-hydrogen) atoms. The summed E-state index contributed by atoms with van der Waals surface area (Å²) in [4.78, 5) is 13.0. The lowest BCUT2D eigenvalue weighted by atomic mass is 9.99. The smallest absolute Gasteiger partial charge is 0.220 e. The Morgan fingerprint density at radius 1 is 0.559 bits per heavy atom. The van der Waals surface area contributed by atoms with Gasteiger partial charge >= 0.3 is 0 Å². The summed E-state index contributed by atoms with van der Waals surface area (Å²) in [5, 5.41) is 54.3. The second kappa shape index (κ2) is 41.0. The van der Waals surface area contributed by atoms with Gasteiger partial charge in [0, 0.05) is 6.42 Å². The van der Waals surface area contributed by atoms with Crippen molar-refractivity contribution in [1.29, 1.82) is 0 Å². The largest absolute Gasteiger partial charge is 0.394 e. The van der Waals surface area contributed by atoms with Crippen molar-refractivity contribution < 1.29 is 39.8 Å². The summed E-state index contributed by atoms with van der Waals surface area (Å²) in [6.07, 6.45) is 41.2. The van der Waals surface area contributed by atoms with Crippen molar-refractivity contribution in [3.63, 3.8) is 0 Å². The summed E-state index contributed by atoms with van der Waals surface area (Å²) < 4.78 is 11.2. The monoisotopic (exact) mass is 840 g/mol. The van der Waals surface area contributed by atoms with E-state index in [9.17, 15) is 30.3 Å². The van der Waals surface area contributed by atoms with Crippen LogP contribution >= 0.6 is 0 Å². The Kier molecular flexibility index (Phi) is 38.9. The Morgan fingerprint density at radius 3 is 1.32 bits per heavy atom. The topological polar surface area (TPSA) is 149 Å². The van der Waals surface area contributed by atoms with E-state index in [-0.39, 0.29) is 12.5 Å². The number of ether oxygens (including phenoxy) is 2. The van der Waals surface area contributed by atoms with Crippen LogP contribution in [0.5, 0.6) is 0 Å². The van der Waals surface area contributed by atoms with Gasteiger partial charge in [-0.2, -0.15) is 0 Å². The van der Waals surface area contributed by atoms with E-state index >= 15 is 0 Å². The van der Waals surface area contributed by atoms with Crippen LogP contribution in [0, 0.1) is 0 Å². The van der Waals surface area contributed by atoms with E-state index in [1.807, 2.05) is 6.08 Å². The molecule has 0 aromatic heterocycles. The molecule has 0 radical (unpaired) electrons. The van der Waals surface area contributed by atoms with Crippen LogP contribution in [-0.4, -0.2) is 87.5 Å². The first-order chi connectivity index (χ1) is 28.8. The Balaban J connectivity index is 2.26. The average molecular weight is 840 g/mol. The molecule has 0 aliphatic carbocycles. The number of hydrogen-bond acceptors (Lipinski definition) is 8. The highest BCUT2D eigenvalue weighted by Crippen LogP contribution is 2.23. The number of nitrogens with one attached hydrogen (secondary N) is 1. The maximum Gasteiger partial charge on any atom is 0.220 e. The summed E-state index contributed by atoms with van der Waals surface area (Å²) in [6, 6.07) is -0.798. The number of allylic oxidation sites excluding steroid dienone is 1. The third-order valence-corrected chi connectivity index (χ3v) is 12.4. The number of hydrogen-bond donors (Lipinski definition) is 6. The van der Waals surface area contributed by atoms with Crippen LogP contribution in [-0.2, 0) is 14.3 Å². The molecule has 1 aliphatic rings. The molecular weight excluding hydrogens is 743 g/mol. The van der Waals surface area contributed by atoms with Gasteiger partial charge in [0.1, 0.15) is 24.4 Å². The lowest BCUT2D eigenvalue weighted by Crippen LogP contribution is -2.60.